The fourth-order valence-electron chi connectivity index (χ4n) is 1.84. The summed E-state index contributed by atoms with van der Waals surface area (Å²) in [5, 5.41) is 9.51. The Hall–Kier alpha value is -0.620. The molecule has 3 atom stereocenters. The largest absolute Gasteiger partial charge is 0.444 e. The monoisotopic (exact) mass is 277 g/mol. The Bertz CT molecular complexity index is 327. The summed E-state index contributed by atoms with van der Waals surface area (Å²) in [5.41, 5.74) is -0.553. The first-order valence-electron chi connectivity index (χ1n) is 6.27. The van der Waals surface area contributed by atoms with Crippen LogP contribution < -0.4 is 0 Å². The predicted octanol–water partition coefficient (Wildman–Crippen LogP) is 1.13. The molecule has 1 heterocycles. The van der Waals surface area contributed by atoms with Crippen molar-refractivity contribution < 1.29 is 18.8 Å². The maximum atomic E-state index is 11.9. The molecule has 1 rings (SSSR count). The lowest BCUT2D eigenvalue weighted by atomic mass is 10.2. The van der Waals surface area contributed by atoms with Crippen LogP contribution >= 0.6 is 0 Å². The van der Waals surface area contributed by atoms with Crippen LogP contribution in [0.3, 0.4) is 0 Å². The van der Waals surface area contributed by atoms with E-state index in [1.165, 1.54) is 4.90 Å². The molecule has 18 heavy (non-hydrogen) atoms. The third-order valence-electron chi connectivity index (χ3n) is 2.63. The molecular formula is C12H23NO4S. The Morgan fingerprint density at radius 1 is 1.44 bits per heavy atom. The number of β-amino-alcohol motifs (C(OH)–C–C–N with tert-alkyl or cyclic N) is 1. The Morgan fingerprint density at radius 2 is 2.06 bits per heavy atom. The summed E-state index contributed by atoms with van der Waals surface area (Å²) < 4.78 is 17.1. The quantitative estimate of drug-likeness (QED) is 0.839. The minimum absolute atomic E-state index is 0.203. The van der Waals surface area contributed by atoms with E-state index < -0.39 is 28.6 Å². The minimum Gasteiger partial charge on any atom is -0.444 e. The van der Waals surface area contributed by atoms with Gasteiger partial charge < -0.3 is 14.7 Å². The van der Waals surface area contributed by atoms with Gasteiger partial charge in [0.05, 0.1) is 17.9 Å². The maximum Gasteiger partial charge on any atom is 0.410 e. The van der Waals surface area contributed by atoms with E-state index >= 15 is 0 Å². The van der Waals surface area contributed by atoms with Crippen LogP contribution in [0, 0.1) is 0 Å². The van der Waals surface area contributed by atoms with E-state index in [2.05, 4.69) is 0 Å². The fraction of sp³-hybridized carbons (Fsp3) is 0.917. The molecule has 106 valence electrons. The number of nitrogens with zero attached hydrogens (tertiary/aromatic N) is 1. The number of aliphatic hydroxyl groups is 1. The number of amides is 1. The van der Waals surface area contributed by atoms with Crippen LogP contribution in [0.25, 0.3) is 0 Å². The van der Waals surface area contributed by atoms with Crippen molar-refractivity contribution >= 4 is 16.9 Å². The standard InChI is InChI=1S/C12H23NO4S/c1-5-6-18(16)10-8-13(7-9(10)14)11(15)17-12(2,3)4/h9-10,14H,5-8H2,1-4H3/t9-,10-,18?/m1/s1. The molecule has 5 nitrogen and oxygen atoms in total. The molecule has 1 aliphatic heterocycles. The van der Waals surface area contributed by atoms with Gasteiger partial charge in [0.25, 0.3) is 0 Å². The molecule has 1 saturated heterocycles. The van der Waals surface area contributed by atoms with Gasteiger partial charge in [0.1, 0.15) is 5.60 Å². The summed E-state index contributed by atoms with van der Waals surface area (Å²) in [6, 6.07) is 0. The molecule has 0 spiro atoms. The van der Waals surface area contributed by atoms with Gasteiger partial charge in [0.15, 0.2) is 0 Å². The van der Waals surface area contributed by atoms with Gasteiger partial charge in [-0.1, -0.05) is 6.92 Å². The summed E-state index contributed by atoms with van der Waals surface area (Å²) in [7, 11) is -1.09. The van der Waals surface area contributed by atoms with E-state index in [1.54, 1.807) is 20.8 Å². The Balaban J connectivity index is 2.58. The van der Waals surface area contributed by atoms with Crippen molar-refractivity contribution in [2.75, 3.05) is 18.8 Å². The molecule has 1 N–H and O–H groups in total. The van der Waals surface area contributed by atoms with Crippen LogP contribution in [0.5, 0.6) is 0 Å². The van der Waals surface area contributed by atoms with Gasteiger partial charge in [-0.05, 0) is 27.2 Å². The lowest BCUT2D eigenvalue weighted by Crippen LogP contribution is -2.36. The van der Waals surface area contributed by atoms with Crippen molar-refractivity contribution in [2.45, 2.75) is 51.1 Å². The molecule has 1 aliphatic rings. The topological polar surface area (TPSA) is 66.8 Å². The number of hydrogen-bond acceptors (Lipinski definition) is 4. The average molecular weight is 277 g/mol. The first kappa shape index (κ1) is 15.4. The lowest BCUT2D eigenvalue weighted by molar-refractivity contribution is 0.0270. The zero-order valence-corrected chi connectivity index (χ0v) is 12.3. The number of carbonyl (C=O) groups is 1. The molecule has 0 saturated carbocycles. The van der Waals surface area contributed by atoms with Crippen LogP contribution in [0.4, 0.5) is 4.79 Å². The van der Waals surface area contributed by atoms with Crippen molar-refractivity contribution in [3.63, 3.8) is 0 Å². The third-order valence-corrected chi connectivity index (χ3v) is 4.58. The van der Waals surface area contributed by atoms with Gasteiger partial charge >= 0.3 is 6.09 Å². The molecule has 6 heteroatoms. The second-order valence-electron chi connectivity index (χ2n) is 5.58. The summed E-state index contributed by atoms with van der Waals surface area (Å²) >= 11 is 0. The minimum atomic E-state index is -1.09. The number of hydrogen-bond donors (Lipinski definition) is 1. The molecule has 1 unspecified atom stereocenters. The Kier molecular flexibility index (Phi) is 5.16. The molecular weight excluding hydrogens is 254 g/mol. The van der Waals surface area contributed by atoms with Crippen LogP contribution in [0.15, 0.2) is 0 Å². The molecule has 0 radical (unpaired) electrons. The van der Waals surface area contributed by atoms with E-state index in [-0.39, 0.29) is 11.8 Å². The van der Waals surface area contributed by atoms with E-state index in [0.717, 1.165) is 6.42 Å². The molecule has 1 amide bonds. The summed E-state index contributed by atoms with van der Waals surface area (Å²) in [6.07, 6.45) is -0.357. The highest BCUT2D eigenvalue weighted by Crippen LogP contribution is 2.19. The Morgan fingerprint density at radius 3 is 2.56 bits per heavy atom. The van der Waals surface area contributed by atoms with Gasteiger partial charge in [-0.25, -0.2) is 4.79 Å². The summed E-state index contributed by atoms with van der Waals surface area (Å²) in [4.78, 5) is 13.3. The van der Waals surface area contributed by atoms with Gasteiger partial charge in [-0.15, -0.1) is 0 Å². The van der Waals surface area contributed by atoms with E-state index in [1.807, 2.05) is 6.92 Å². The molecule has 0 aromatic carbocycles. The van der Waals surface area contributed by atoms with Gasteiger partial charge in [0.2, 0.25) is 0 Å². The zero-order chi connectivity index (χ0) is 13.9. The van der Waals surface area contributed by atoms with Crippen molar-refractivity contribution in [1.82, 2.24) is 4.90 Å². The van der Waals surface area contributed by atoms with Crippen molar-refractivity contribution in [1.29, 1.82) is 0 Å². The van der Waals surface area contributed by atoms with E-state index in [0.29, 0.717) is 12.3 Å². The van der Waals surface area contributed by atoms with Gasteiger partial charge in [-0.3, -0.25) is 4.21 Å². The number of carbonyl (C=O) groups excluding carboxylic acids is 1. The van der Waals surface area contributed by atoms with Crippen LogP contribution in [0.2, 0.25) is 0 Å². The lowest BCUT2D eigenvalue weighted by Gasteiger charge is -2.24. The highest BCUT2D eigenvalue weighted by atomic mass is 32.2. The highest BCUT2D eigenvalue weighted by molar-refractivity contribution is 7.85. The first-order chi connectivity index (χ1) is 8.24. The van der Waals surface area contributed by atoms with Crippen LogP contribution in [-0.2, 0) is 15.5 Å². The Labute approximate surface area is 111 Å². The molecule has 0 aromatic heterocycles. The number of aliphatic hydroxyl groups excluding tert-OH is 1. The summed E-state index contributed by atoms with van der Waals surface area (Å²) in [5.74, 6) is 0.559. The predicted molar refractivity (Wildman–Crippen MR) is 70.9 cm³/mol. The number of ether oxygens (including phenoxy) is 1. The molecule has 0 aromatic rings. The maximum absolute atomic E-state index is 11.9. The van der Waals surface area contributed by atoms with E-state index in [9.17, 15) is 14.1 Å². The first-order valence-corrected chi connectivity index (χ1v) is 7.66. The second kappa shape index (κ2) is 6.02. The third kappa shape index (κ3) is 4.24. The average Bonchev–Trinajstić information content (AvgIpc) is 2.58. The molecule has 1 fully saturated rings. The van der Waals surface area contributed by atoms with Crippen molar-refractivity contribution in [3.8, 4) is 0 Å². The highest BCUT2D eigenvalue weighted by Gasteiger charge is 2.38. The zero-order valence-electron chi connectivity index (χ0n) is 11.5. The second-order valence-corrected chi connectivity index (χ2v) is 7.35. The SMILES string of the molecule is CCCS(=O)[C@@H]1CN(C(=O)OC(C)(C)C)C[C@H]1O. The molecule has 0 bridgehead atoms. The van der Waals surface area contributed by atoms with Gasteiger partial charge in [0, 0.05) is 23.1 Å². The van der Waals surface area contributed by atoms with Crippen molar-refractivity contribution in [3.05, 3.63) is 0 Å². The molecule has 0 aliphatic carbocycles. The van der Waals surface area contributed by atoms with Gasteiger partial charge in [-0.2, -0.15) is 0 Å². The fourth-order valence-corrected chi connectivity index (χ4v) is 3.33. The normalized spacial score (nSPS) is 26.2. The van der Waals surface area contributed by atoms with Crippen LogP contribution in [0.1, 0.15) is 34.1 Å². The summed E-state index contributed by atoms with van der Waals surface area (Å²) in [6.45, 7) is 7.85. The van der Waals surface area contributed by atoms with E-state index in [4.69, 9.17) is 4.74 Å². The smallest absolute Gasteiger partial charge is 0.410 e. The van der Waals surface area contributed by atoms with Crippen molar-refractivity contribution in [2.24, 2.45) is 0 Å². The van der Waals surface area contributed by atoms with Crippen LogP contribution in [-0.4, -0.2) is 56.1 Å². The number of rotatable bonds is 3. The number of likely N-dealkylation sites (tertiary alicyclic amines) is 1.